The molecular formula is C20H17N6+. The number of pyridine rings is 2. The minimum Gasteiger partial charge on any atom is -0.338 e. The van der Waals surface area contributed by atoms with Crippen LogP contribution in [0.5, 0.6) is 0 Å². The third kappa shape index (κ3) is 2.98. The van der Waals surface area contributed by atoms with Crippen LogP contribution in [0.25, 0.3) is 26.9 Å². The Kier molecular flexibility index (Phi) is 4.04. The van der Waals surface area contributed by atoms with Gasteiger partial charge in [-0.3, -0.25) is 10.1 Å². The molecule has 0 aliphatic rings. The number of nitrogens with one attached hydrogen (secondary N) is 2. The van der Waals surface area contributed by atoms with Crippen LogP contribution in [-0.2, 0) is 0 Å². The lowest BCUT2D eigenvalue weighted by molar-refractivity contribution is 1.07. The number of fused-ring (bicyclic) bond motifs is 1. The Hall–Kier alpha value is -3.72. The molecule has 0 atom stereocenters. The van der Waals surface area contributed by atoms with E-state index in [1.165, 1.54) is 0 Å². The zero-order valence-corrected chi connectivity index (χ0v) is 14.5. The van der Waals surface area contributed by atoms with Crippen LogP contribution in [0.1, 0.15) is 11.3 Å². The van der Waals surface area contributed by atoms with Crippen molar-refractivity contribution in [3.63, 3.8) is 0 Å². The van der Waals surface area contributed by atoms with Crippen LogP contribution in [0.2, 0.25) is 0 Å². The molecule has 0 saturated carbocycles. The molecule has 0 aliphatic carbocycles. The fraction of sp³-hybridized carbons (Fsp3) is 0.100. The van der Waals surface area contributed by atoms with E-state index in [2.05, 4.69) is 42.5 Å². The van der Waals surface area contributed by atoms with Crippen LogP contribution < -0.4 is 5.32 Å². The van der Waals surface area contributed by atoms with Crippen molar-refractivity contribution in [1.82, 2.24) is 20.2 Å². The SMILES string of the molecule is C[N+]#Cc1ccc(-c2cncc(Nc3nccc4n[nH]c(C)c34)c2)cc1. The molecule has 0 fully saturated rings. The van der Waals surface area contributed by atoms with Crippen molar-refractivity contribution in [2.75, 3.05) is 12.4 Å². The fourth-order valence-corrected chi connectivity index (χ4v) is 2.88. The highest BCUT2D eigenvalue weighted by atomic mass is 15.1. The van der Waals surface area contributed by atoms with Gasteiger partial charge in [-0.05, 0) is 36.8 Å². The van der Waals surface area contributed by atoms with Crippen LogP contribution in [0.15, 0.2) is 55.0 Å². The molecule has 6 heteroatoms. The average molecular weight is 341 g/mol. The maximum absolute atomic E-state index is 4.45. The van der Waals surface area contributed by atoms with Gasteiger partial charge in [-0.25, -0.2) is 4.98 Å². The van der Waals surface area contributed by atoms with Crippen molar-refractivity contribution in [2.24, 2.45) is 0 Å². The Morgan fingerprint density at radius 2 is 1.92 bits per heavy atom. The lowest BCUT2D eigenvalue weighted by Crippen LogP contribution is -1.95. The maximum Gasteiger partial charge on any atom is 0.310 e. The molecule has 3 aromatic heterocycles. The molecule has 0 bridgehead atoms. The minimum atomic E-state index is 0.761. The fourth-order valence-electron chi connectivity index (χ4n) is 2.88. The zero-order valence-electron chi connectivity index (χ0n) is 14.5. The average Bonchev–Trinajstić information content (AvgIpc) is 3.05. The summed E-state index contributed by atoms with van der Waals surface area (Å²) in [6.07, 6.45) is 5.37. The van der Waals surface area contributed by atoms with Crippen LogP contribution in [0, 0.1) is 13.0 Å². The number of rotatable bonds is 3. The molecule has 0 radical (unpaired) electrons. The first-order chi connectivity index (χ1) is 12.7. The highest BCUT2D eigenvalue weighted by Crippen LogP contribution is 2.27. The molecule has 0 amide bonds. The van der Waals surface area contributed by atoms with Crippen LogP contribution in [0.4, 0.5) is 11.5 Å². The van der Waals surface area contributed by atoms with Gasteiger partial charge in [0.05, 0.1) is 22.8 Å². The second-order valence-electron chi connectivity index (χ2n) is 5.90. The number of benzene rings is 1. The molecule has 3 heterocycles. The topological polar surface area (TPSA) is 70.8 Å². The van der Waals surface area contributed by atoms with E-state index in [1.54, 1.807) is 19.4 Å². The summed E-state index contributed by atoms with van der Waals surface area (Å²) in [6, 6.07) is 14.9. The van der Waals surface area contributed by atoms with Gasteiger partial charge in [-0.15, -0.1) is 0 Å². The highest BCUT2D eigenvalue weighted by molar-refractivity contribution is 5.93. The predicted octanol–water partition coefficient (Wildman–Crippen LogP) is 4.38. The second-order valence-corrected chi connectivity index (χ2v) is 5.90. The first kappa shape index (κ1) is 15.8. The first-order valence-corrected chi connectivity index (χ1v) is 8.21. The third-order valence-corrected chi connectivity index (χ3v) is 4.11. The van der Waals surface area contributed by atoms with Gasteiger partial charge in [-0.2, -0.15) is 5.10 Å². The van der Waals surface area contributed by atoms with Gasteiger partial charge < -0.3 is 5.32 Å². The first-order valence-electron chi connectivity index (χ1n) is 8.21. The molecule has 26 heavy (non-hydrogen) atoms. The van der Waals surface area contributed by atoms with Crippen molar-refractivity contribution >= 4 is 22.4 Å². The normalized spacial score (nSPS) is 10.4. The van der Waals surface area contributed by atoms with Crippen LogP contribution in [-0.4, -0.2) is 27.2 Å². The van der Waals surface area contributed by atoms with Crippen LogP contribution in [0.3, 0.4) is 0 Å². The number of hydrogen-bond acceptors (Lipinski definition) is 4. The summed E-state index contributed by atoms with van der Waals surface area (Å²) < 4.78 is 0. The zero-order chi connectivity index (χ0) is 17.9. The molecule has 126 valence electrons. The van der Waals surface area contributed by atoms with E-state index >= 15 is 0 Å². The molecule has 4 rings (SSSR count). The van der Waals surface area contributed by atoms with Gasteiger partial charge in [0, 0.05) is 23.7 Å². The largest absolute Gasteiger partial charge is 0.338 e. The smallest absolute Gasteiger partial charge is 0.310 e. The van der Waals surface area contributed by atoms with E-state index in [9.17, 15) is 0 Å². The molecule has 0 spiro atoms. The number of hydrogen-bond donors (Lipinski definition) is 2. The molecule has 0 aliphatic heterocycles. The lowest BCUT2D eigenvalue weighted by Gasteiger charge is -2.08. The molecule has 0 unspecified atom stereocenters. The minimum absolute atomic E-state index is 0.761. The molecule has 2 N–H and O–H groups in total. The number of aryl methyl sites for hydroxylation is 1. The maximum atomic E-state index is 4.45. The second kappa shape index (κ2) is 6.65. The summed E-state index contributed by atoms with van der Waals surface area (Å²) in [5.74, 6) is 0.761. The Morgan fingerprint density at radius 3 is 2.73 bits per heavy atom. The summed E-state index contributed by atoms with van der Waals surface area (Å²) in [5.41, 5.74) is 5.77. The molecule has 1 aromatic carbocycles. The number of nitrogens with zero attached hydrogens (tertiary/aromatic N) is 4. The van der Waals surface area contributed by atoms with E-state index in [-0.39, 0.29) is 0 Å². The van der Waals surface area contributed by atoms with Crippen molar-refractivity contribution in [3.8, 4) is 17.2 Å². The van der Waals surface area contributed by atoms with E-state index < -0.39 is 0 Å². The highest BCUT2D eigenvalue weighted by Gasteiger charge is 2.09. The van der Waals surface area contributed by atoms with E-state index in [0.717, 1.165) is 44.8 Å². The van der Waals surface area contributed by atoms with Gasteiger partial charge in [0.2, 0.25) is 0 Å². The number of anilines is 2. The van der Waals surface area contributed by atoms with Crippen molar-refractivity contribution in [3.05, 3.63) is 71.1 Å². The number of aromatic nitrogens is 4. The summed E-state index contributed by atoms with van der Waals surface area (Å²) in [4.78, 5) is 12.7. The quantitative estimate of drug-likeness (QED) is 0.580. The molecule has 4 aromatic rings. The Balaban J connectivity index is 1.67. The molecule has 6 nitrogen and oxygen atoms in total. The Morgan fingerprint density at radius 1 is 1.08 bits per heavy atom. The monoisotopic (exact) mass is 341 g/mol. The summed E-state index contributed by atoms with van der Waals surface area (Å²) in [7, 11) is 1.71. The number of aromatic amines is 1. The number of H-pyrrole nitrogens is 1. The summed E-state index contributed by atoms with van der Waals surface area (Å²) in [6.45, 7) is 1.98. The van der Waals surface area contributed by atoms with Crippen molar-refractivity contribution < 1.29 is 0 Å². The Labute approximate surface area is 150 Å². The standard InChI is InChI=1S/C20H17N6/c1-13-19-18(26-25-13)7-8-23-20(19)24-17-9-16(11-22-12-17)15-5-3-14(4-6-15)10-21-2/h3-9,11-12H,1-2H3,(H,23,24)(H,25,26)/q+1. The van der Waals surface area contributed by atoms with Gasteiger partial charge >= 0.3 is 6.07 Å². The van der Waals surface area contributed by atoms with E-state index in [1.807, 2.05) is 43.5 Å². The Bertz CT molecular complexity index is 1130. The van der Waals surface area contributed by atoms with Crippen LogP contribution >= 0.6 is 0 Å². The summed E-state index contributed by atoms with van der Waals surface area (Å²) in [5, 5.41) is 11.6. The van der Waals surface area contributed by atoms with Crippen molar-refractivity contribution in [2.45, 2.75) is 6.92 Å². The summed E-state index contributed by atoms with van der Waals surface area (Å²) >= 11 is 0. The lowest BCUT2D eigenvalue weighted by atomic mass is 10.1. The van der Waals surface area contributed by atoms with E-state index in [0.29, 0.717) is 0 Å². The van der Waals surface area contributed by atoms with Crippen molar-refractivity contribution in [1.29, 1.82) is 0 Å². The van der Waals surface area contributed by atoms with E-state index in [4.69, 9.17) is 0 Å². The molecule has 0 saturated heterocycles. The van der Waals surface area contributed by atoms with Gasteiger partial charge in [0.25, 0.3) is 7.05 Å². The predicted molar refractivity (Wildman–Crippen MR) is 104 cm³/mol. The van der Waals surface area contributed by atoms with Gasteiger partial charge in [-0.1, -0.05) is 17.0 Å². The molecular weight excluding hydrogens is 324 g/mol. The van der Waals surface area contributed by atoms with Gasteiger partial charge in [0.15, 0.2) is 0 Å². The van der Waals surface area contributed by atoms with Gasteiger partial charge in [0.1, 0.15) is 11.4 Å². The third-order valence-electron chi connectivity index (χ3n) is 4.11.